The zero-order valence-corrected chi connectivity index (χ0v) is 11.5. The number of aryl methyl sites for hydroxylation is 1. The highest BCUT2D eigenvalue weighted by atomic mass is 79.9. The molecule has 1 aromatic heterocycles. The third-order valence-electron chi connectivity index (χ3n) is 3.57. The molecule has 1 heterocycles. The summed E-state index contributed by atoms with van der Waals surface area (Å²) in [6.07, 6.45) is 3.32. The SMILES string of the molecule is OC(c1cccc(Br)c1)C1CCc2cccnc21. The van der Waals surface area contributed by atoms with Gasteiger partial charge in [0.05, 0.1) is 6.10 Å². The number of fused-ring (bicyclic) bond motifs is 1. The number of aromatic nitrogens is 1. The van der Waals surface area contributed by atoms with Crippen molar-refractivity contribution in [2.75, 3.05) is 0 Å². The van der Waals surface area contributed by atoms with Crippen molar-refractivity contribution in [1.29, 1.82) is 0 Å². The number of hydrogen-bond acceptors (Lipinski definition) is 2. The summed E-state index contributed by atoms with van der Waals surface area (Å²) in [7, 11) is 0. The summed E-state index contributed by atoms with van der Waals surface area (Å²) in [5.74, 6) is 0.121. The Morgan fingerprint density at radius 2 is 2.17 bits per heavy atom. The second kappa shape index (κ2) is 4.82. The molecule has 2 atom stereocenters. The number of benzene rings is 1. The van der Waals surface area contributed by atoms with Crippen LogP contribution in [0.1, 0.15) is 35.3 Å². The second-order valence-corrected chi connectivity index (χ2v) is 5.61. The van der Waals surface area contributed by atoms with Crippen LogP contribution in [0.3, 0.4) is 0 Å². The summed E-state index contributed by atoms with van der Waals surface area (Å²) in [4.78, 5) is 4.44. The lowest BCUT2D eigenvalue weighted by atomic mass is 9.93. The highest BCUT2D eigenvalue weighted by Gasteiger charge is 2.30. The Hall–Kier alpha value is -1.19. The molecule has 0 spiro atoms. The second-order valence-electron chi connectivity index (χ2n) is 4.69. The zero-order valence-electron chi connectivity index (χ0n) is 9.88. The van der Waals surface area contributed by atoms with Crippen LogP contribution < -0.4 is 0 Å². The highest BCUT2D eigenvalue weighted by molar-refractivity contribution is 9.10. The number of nitrogens with zero attached hydrogens (tertiary/aromatic N) is 1. The molecule has 2 unspecified atom stereocenters. The zero-order chi connectivity index (χ0) is 12.5. The molecule has 1 N–H and O–H groups in total. The fourth-order valence-electron chi connectivity index (χ4n) is 2.67. The van der Waals surface area contributed by atoms with Gasteiger partial charge in [-0.25, -0.2) is 0 Å². The minimum Gasteiger partial charge on any atom is -0.388 e. The van der Waals surface area contributed by atoms with Gasteiger partial charge in [0.2, 0.25) is 0 Å². The Kier molecular flexibility index (Phi) is 3.18. The maximum absolute atomic E-state index is 10.5. The fraction of sp³-hybridized carbons (Fsp3) is 0.267. The summed E-state index contributed by atoms with van der Waals surface area (Å²) in [6.45, 7) is 0. The molecule has 0 fully saturated rings. The minimum absolute atomic E-state index is 0.121. The van der Waals surface area contributed by atoms with E-state index in [1.165, 1.54) is 5.56 Å². The van der Waals surface area contributed by atoms with Crippen molar-refractivity contribution in [3.63, 3.8) is 0 Å². The van der Waals surface area contributed by atoms with E-state index in [4.69, 9.17) is 0 Å². The van der Waals surface area contributed by atoms with Gasteiger partial charge in [-0.15, -0.1) is 0 Å². The van der Waals surface area contributed by atoms with Crippen molar-refractivity contribution < 1.29 is 5.11 Å². The first-order valence-electron chi connectivity index (χ1n) is 6.13. The minimum atomic E-state index is -0.473. The molecule has 2 nitrogen and oxygen atoms in total. The van der Waals surface area contributed by atoms with Gasteiger partial charge in [-0.1, -0.05) is 34.1 Å². The molecule has 0 bridgehead atoms. The third kappa shape index (κ3) is 2.08. The van der Waals surface area contributed by atoms with Gasteiger partial charge in [-0.3, -0.25) is 4.98 Å². The molecule has 1 aromatic carbocycles. The van der Waals surface area contributed by atoms with Gasteiger partial charge in [0, 0.05) is 22.3 Å². The van der Waals surface area contributed by atoms with Gasteiger partial charge in [-0.05, 0) is 42.2 Å². The van der Waals surface area contributed by atoms with Gasteiger partial charge < -0.3 is 5.11 Å². The third-order valence-corrected chi connectivity index (χ3v) is 4.07. The Balaban J connectivity index is 1.93. The molecule has 3 rings (SSSR count). The largest absolute Gasteiger partial charge is 0.388 e. The van der Waals surface area contributed by atoms with Crippen LogP contribution in [0.25, 0.3) is 0 Å². The van der Waals surface area contributed by atoms with Crippen molar-refractivity contribution in [3.05, 3.63) is 63.9 Å². The van der Waals surface area contributed by atoms with Crippen LogP contribution in [0.2, 0.25) is 0 Å². The van der Waals surface area contributed by atoms with E-state index < -0.39 is 6.10 Å². The number of halogens is 1. The Morgan fingerprint density at radius 3 is 3.00 bits per heavy atom. The predicted molar refractivity (Wildman–Crippen MR) is 74.4 cm³/mol. The van der Waals surface area contributed by atoms with Crippen LogP contribution in [-0.2, 0) is 6.42 Å². The molecule has 0 radical (unpaired) electrons. The van der Waals surface area contributed by atoms with Gasteiger partial charge in [0.25, 0.3) is 0 Å². The van der Waals surface area contributed by atoms with Gasteiger partial charge in [0.1, 0.15) is 0 Å². The molecule has 18 heavy (non-hydrogen) atoms. The molecule has 92 valence electrons. The van der Waals surface area contributed by atoms with Crippen molar-refractivity contribution >= 4 is 15.9 Å². The molecule has 1 aliphatic carbocycles. The summed E-state index contributed by atoms with van der Waals surface area (Å²) >= 11 is 3.44. The van der Waals surface area contributed by atoms with Crippen molar-refractivity contribution in [3.8, 4) is 0 Å². The van der Waals surface area contributed by atoms with Crippen LogP contribution in [0.15, 0.2) is 47.1 Å². The van der Waals surface area contributed by atoms with Crippen LogP contribution in [-0.4, -0.2) is 10.1 Å². The molecule has 2 aromatic rings. The number of aliphatic hydroxyl groups is 1. The highest BCUT2D eigenvalue weighted by Crippen LogP contribution is 2.40. The summed E-state index contributed by atoms with van der Waals surface area (Å²) in [5.41, 5.74) is 3.29. The molecular weight excluding hydrogens is 290 g/mol. The topological polar surface area (TPSA) is 33.1 Å². The van der Waals surface area contributed by atoms with Crippen molar-refractivity contribution in [1.82, 2.24) is 4.98 Å². The lowest BCUT2D eigenvalue weighted by molar-refractivity contribution is 0.143. The predicted octanol–water partition coefficient (Wildman–Crippen LogP) is 3.61. The first kappa shape index (κ1) is 11.9. The summed E-state index contributed by atoms with van der Waals surface area (Å²) < 4.78 is 0.998. The van der Waals surface area contributed by atoms with E-state index in [0.29, 0.717) is 0 Å². The molecule has 0 saturated carbocycles. The maximum atomic E-state index is 10.5. The van der Waals surface area contributed by atoms with Crippen LogP contribution in [0.4, 0.5) is 0 Å². The van der Waals surface area contributed by atoms with E-state index in [9.17, 15) is 5.11 Å². The Labute approximate surface area is 115 Å². The summed E-state index contributed by atoms with van der Waals surface area (Å²) in [6, 6.07) is 11.9. The average Bonchev–Trinajstić information content (AvgIpc) is 2.82. The van der Waals surface area contributed by atoms with Crippen LogP contribution >= 0.6 is 15.9 Å². The fourth-order valence-corrected chi connectivity index (χ4v) is 3.09. The van der Waals surface area contributed by atoms with E-state index in [1.54, 1.807) is 0 Å². The van der Waals surface area contributed by atoms with E-state index in [-0.39, 0.29) is 5.92 Å². The molecule has 1 aliphatic rings. The smallest absolute Gasteiger partial charge is 0.0874 e. The molecule has 0 saturated heterocycles. The molecule has 3 heteroatoms. The van der Waals surface area contributed by atoms with Crippen LogP contribution in [0, 0.1) is 0 Å². The average molecular weight is 304 g/mol. The number of aliphatic hydroxyl groups excluding tert-OH is 1. The normalized spacial score (nSPS) is 19.6. The number of pyridine rings is 1. The van der Waals surface area contributed by atoms with E-state index >= 15 is 0 Å². The van der Waals surface area contributed by atoms with E-state index in [0.717, 1.165) is 28.6 Å². The Bertz CT molecular complexity index is 570. The quantitative estimate of drug-likeness (QED) is 0.919. The maximum Gasteiger partial charge on any atom is 0.0874 e. The first-order valence-corrected chi connectivity index (χ1v) is 6.92. The van der Waals surface area contributed by atoms with Gasteiger partial charge in [0.15, 0.2) is 0 Å². The summed E-state index contributed by atoms with van der Waals surface area (Å²) in [5, 5.41) is 10.5. The van der Waals surface area contributed by atoms with Crippen molar-refractivity contribution in [2.24, 2.45) is 0 Å². The molecule has 0 amide bonds. The molecular formula is C15H14BrNO. The van der Waals surface area contributed by atoms with Crippen molar-refractivity contribution in [2.45, 2.75) is 24.9 Å². The molecule has 0 aliphatic heterocycles. The van der Waals surface area contributed by atoms with Crippen LogP contribution in [0.5, 0.6) is 0 Å². The standard InChI is InChI=1S/C15H14BrNO/c16-12-5-1-3-11(9-12)15(18)13-7-6-10-4-2-8-17-14(10)13/h1-5,8-9,13,15,18H,6-7H2. The van der Waals surface area contributed by atoms with E-state index in [1.807, 2.05) is 36.5 Å². The lowest BCUT2D eigenvalue weighted by Crippen LogP contribution is -2.09. The number of hydrogen-bond donors (Lipinski definition) is 1. The first-order chi connectivity index (χ1) is 8.75. The number of rotatable bonds is 2. The Morgan fingerprint density at radius 1 is 1.28 bits per heavy atom. The van der Waals surface area contributed by atoms with Gasteiger partial charge >= 0.3 is 0 Å². The lowest BCUT2D eigenvalue weighted by Gasteiger charge is -2.19. The monoisotopic (exact) mass is 303 g/mol. The van der Waals surface area contributed by atoms with Gasteiger partial charge in [-0.2, -0.15) is 0 Å². The van der Waals surface area contributed by atoms with E-state index in [2.05, 4.69) is 27.0 Å².